The van der Waals surface area contributed by atoms with E-state index in [1.807, 2.05) is 24.5 Å². The molecule has 144 valence electrons. The highest BCUT2D eigenvalue weighted by molar-refractivity contribution is 6.09. The normalized spacial score (nSPS) is 13.5. The first kappa shape index (κ1) is 15.7. The van der Waals surface area contributed by atoms with Crippen molar-refractivity contribution in [2.24, 2.45) is 0 Å². The first-order valence-corrected chi connectivity index (χ1v) is 10.6. The lowest BCUT2D eigenvalue weighted by atomic mass is 9.97. The highest BCUT2D eigenvalue weighted by Crippen LogP contribution is 2.48. The summed E-state index contributed by atoms with van der Waals surface area (Å²) in [6, 6.07) is 21.6. The van der Waals surface area contributed by atoms with Crippen molar-refractivity contribution < 1.29 is 0 Å². The minimum atomic E-state index is 0.867. The van der Waals surface area contributed by atoms with Crippen molar-refractivity contribution in [2.45, 2.75) is 12.8 Å². The maximum atomic E-state index is 5.13. The molecule has 0 unspecified atom stereocenters. The quantitative estimate of drug-likeness (QED) is 0.315. The van der Waals surface area contributed by atoms with Crippen LogP contribution < -0.4 is 0 Å². The van der Waals surface area contributed by atoms with E-state index in [1.54, 1.807) is 0 Å². The third-order valence-corrected chi connectivity index (χ3v) is 6.92. The average molecular weight is 396 g/mol. The van der Waals surface area contributed by atoms with Gasteiger partial charge in [0, 0.05) is 29.8 Å². The number of fused-ring (bicyclic) bond motifs is 14. The summed E-state index contributed by atoms with van der Waals surface area (Å²) >= 11 is 0. The second-order valence-electron chi connectivity index (χ2n) is 8.47. The molecule has 0 bridgehead atoms. The number of imidazole rings is 1. The van der Waals surface area contributed by atoms with Crippen LogP contribution in [0.1, 0.15) is 22.4 Å². The molecular weight excluding hydrogens is 380 g/mol. The number of hydrogen-bond acceptors (Lipinski definition) is 3. The minimum absolute atomic E-state index is 0.867. The number of rotatable bonds is 0. The number of nitrogens with zero attached hydrogens (tertiary/aromatic N) is 4. The van der Waals surface area contributed by atoms with Gasteiger partial charge in [-0.15, -0.1) is 0 Å². The molecular formula is C27H16N4. The second-order valence-corrected chi connectivity index (χ2v) is 8.47. The molecule has 0 radical (unpaired) electrons. The predicted octanol–water partition coefficient (Wildman–Crippen LogP) is 5.57. The molecule has 0 amide bonds. The van der Waals surface area contributed by atoms with E-state index in [4.69, 9.17) is 15.0 Å². The summed E-state index contributed by atoms with van der Waals surface area (Å²) in [4.78, 5) is 14.6. The summed E-state index contributed by atoms with van der Waals surface area (Å²) in [6.45, 7) is 0. The molecule has 0 saturated heterocycles. The van der Waals surface area contributed by atoms with Crippen molar-refractivity contribution in [3.63, 3.8) is 0 Å². The molecule has 6 aromatic rings. The molecule has 4 nitrogen and oxygen atoms in total. The number of aromatic nitrogens is 4. The van der Waals surface area contributed by atoms with Gasteiger partial charge in [0.25, 0.3) is 0 Å². The van der Waals surface area contributed by atoms with Crippen LogP contribution in [0.25, 0.3) is 50.0 Å². The number of pyridine rings is 3. The summed E-state index contributed by atoms with van der Waals surface area (Å²) in [5.41, 5.74) is 14.6. The Morgan fingerprint density at radius 3 is 2.55 bits per heavy atom. The van der Waals surface area contributed by atoms with Crippen molar-refractivity contribution in [3.05, 3.63) is 95.4 Å². The first-order chi connectivity index (χ1) is 15.4. The summed E-state index contributed by atoms with van der Waals surface area (Å²) in [7, 11) is 0. The van der Waals surface area contributed by atoms with Crippen molar-refractivity contribution in [1.29, 1.82) is 0 Å². The molecule has 0 fully saturated rings. The van der Waals surface area contributed by atoms with E-state index in [0.717, 1.165) is 46.1 Å². The minimum Gasteiger partial charge on any atom is -0.289 e. The molecule has 2 aliphatic rings. The van der Waals surface area contributed by atoms with Crippen LogP contribution >= 0.6 is 0 Å². The van der Waals surface area contributed by atoms with E-state index >= 15 is 0 Å². The topological polar surface area (TPSA) is 43.1 Å². The zero-order valence-electron chi connectivity index (χ0n) is 16.6. The Hall–Kier alpha value is -4.05. The Morgan fingerprint density at radius 1 is 0.710 bits per heavy atom. The van der Waals surface area contributed by atoms with Crippen molar-refractivity contribution in [1.82, 2.24) is 19.4 Å². The molecule has 4 aromatic heterocycles. The average Bonchev–Trinajstić information content (AvgIpc) is 3.48. The van der Waals surface area contributed by atoms with Crippen LogP contribution in [-0.2, 0) is 12.8 Å². The van der Waals surface area contributed by atoms with E-state index in [1.165, 1.54) is 39.1 Å². The fraction of sp³-hybridized carbons (Fsp3) is 0.0741. The Labute approximate surface area is 177 Å². The van der Waals surface area contributed by atoms with Gasteiger partial charge in [-0.3, -0.25) is 14.4 Å². The van der Waals surface area contributed by atoms with Gasteiger partial charge >= 0.3 is 0 Å². The van der Waals surface area contributed by atoms with E-state index in [0.29, 0.717) is 0 Å². The summed E-state index contributed by atoms with van der Waals surface area (Å²) in [6.07, 6.45) is 5.55. The van der Waals surface area contributed by atoms with E-state index in [2.05, 4.69) is 52.9 Å². The van der Waals surface area contributed by atoms with Gasteiger partial charge in [0.15, 0.2) is 5.65 Å². The van der Waals surface area contributed by atoms with Crippen LogP contribution in [-0.4, -0.2) is 19.4 Å². The van der Waals surface area contributed by atoms with Crippen LogP contribution in [0.5, 0.6) is 0 Å². The van der Waals surface area contributed by atoms with Crippen LogP contribution in [0.2, 0.25) is 0 Å². The molecule has 4 heteroatoms. The number of benzene rings is 2. The Morgan fingerprint density at radius 2 is 1.58 bits per heavy atom. The lowest BCUT2D eigenvalue weighted by Crippen LogP contribution is -1.98. The van der Waals surface area contributed by atoms with Crippen molar-refractivity contribution in [3.8, 4) is 22.4 Å². The monoisotopic (exact) mass is 396 g/mol. The van der Waals surface area contributed by atoms with E-state index in [-0.39, 0.29) is 0 Å². The van der Waals surface area contributed by atoms with Crippen molar-refractivity contribution in [2.75, 3.05) is 0 Å². The molecule has 4 heterocycles. The van der Waals surface area contributed by atoms with E-state index in [9.17, 15) is 0 Å². The fourth-order valence-corrected chi connectivity index (χ4v) is 5.68. The Kier molecular flexibility index (Phi) is 2.72. The standard InChI is InChI=1S/C27H16N4/c1-2-6-17-15(5-1)13-20-18(17)10-9-16-14-21-26(23(16)20)31-22-8-4-12-28-24(22)19-7-3-11-29-25(19)27(31)30-21/h1-12H,13-14H2. The molecule has 31 heavy (non-hydrogen) atoms. The summed E-state index contributed by atoms with van der Waals surface area (Å²) < 4.78 is 2.31. The zero-order valence-corrected chi connectivity index (χ0v) is 16.6. The third-order valence-electron chi connectivity index (χ3n) is 6.92. The lowest BCUT2D eigenvalue weighted by molar-refractivity contribution is 1.16. The molecule has 0 atom stereocenters. The maximum Gasteiger partial charge on any atom is 0.164 e. The van der Waals surface area contributed by atoms with Crippen molar-refractivity contribution >= 4 is 27.6 Å². The number of hydrogen-bond donors (Lipinski definition) is 0. The molecule has 0 saturated carbocycles. The summed E-state index contributed by atoms with van der Waals surface area (Å²) in [5.74, 6) is 0. The van der Waals surface area contributed by atoms with Gasteiger partial charge in [-0.1, -0.05) is 36.4 Å². The SMILES string of the molecule is c1ccc2c(c1)Cc1c-2ccc2c1-c1c(nc3c4ncccc4c4ncccc4n13)C2. The summed E-state index contributed by atoms with van der Waals surface area (Å²) in [5, 5.41) is 1.06. The van der Waals surface area contributed by atoms with Crippen LogP contribution in [0.4, 0.5) is 0 Å². The smallest absolute Gasteiger partial charge is 0.164 e. The zero-order chi connectivity index (χ0) is 20.1. The predicted molar refractivity (Wildman–Crippen MR) is 122 cm³/mol. The second kappa shape index (κ2) is 5.35. The van der Waals surface area contributed by atoms with Gasteiger partial charge in [-0.05, 0) is 58.5 Å². The molecule has 0 N–H and O–H groups in total. The molecule has 0 spiro atoms. The van der Waals surface area contributed by atoms with Gasteiger partial charge in [0.05, 0.1) is 22.4 Å². The Bertz CT molecular complexity index is 1740. The van der Waals surface area contributed by atoms with Gasteiger partial charge in [-0.25, -0.2) is 4.98 Å². The molecule has 2 aromatic carbocycles. The molecule has 8 rings (SSSR count). The van der Waals surface area contributed by atoms with Gasteiger partial charge < -0.3 is 0 Å². The molecule has 0 aliphatic heterocycles. The van der Waals surface area contributed by atoms with Gasteiger partial charge in [0.2, 0.25) is 0 Å². The van der Waals surface area contributed by atoms with Crippen LogP contribution in [0.15, 0.2) is 73.1 Å². The van der Waals surface area contributed by atoms with Crippen LogP contribution in [0, 0.1) is 0 Å². The largest absolute Gasteiger partial charge is 0.289 e. The fourth-order valence-electron chi connectivity index (χ4n) is 5.68. The highest BCUT2D eigenvalue weighted by Gasteiger charge is 2.32. The van der Waals surface area contributed by atoms with E-state index < -0.39 is 0 Å². The Balaban J connectivity index is 1.55. The third kappa shape index (κ3) is 1.84. The highest BCUT2D eigenvalue weighted by atomic mass is 15.1. The lowest BCUT2D eigenvalue weighted by Gasteiger charge is -2.12. The van der Waals surface area contributed by atoms with Gasteiger partial charge in [0.1, 0.15) is 5.52 Å². The maximum absolute atomic E-state index is 5.13. The van der Waals surface area contributed by atoms with Crippen LogP contribution in [0.3, 0.4) is 0 Å². The first-order valence-electron chi connectivity index (χ1n) is 10.6. The molecule has 2 aliphatic carbocycles. The van der Waals surface area contributed by atoms with Gasteiger partial charge in [-0.2, -0.15) is 0 Å².